The first-order valence-electron chi connectivity index (χ1n) is 5.31. The van der Waals surface area contributed by atoms with Crippen molar-refractivity contribution in [2.75, 3.05) is 0 Å². The fraction of sp³-hybridized carbons (Fsp3) is 0.333. The second-order valence-electron chi connectivity index (χ2n) is 4.01. The SMILES string of the molecule is O=C(Cl)C1CCC(=O)N1Cc1ccc(Cl)cc1. The van der Waals surface area contributed by atoms with E-state index in [1.807, 2.05) is 12.1 Å². The average molecular weight is 272 g/mol. The Bertz CT molecular complexity index is 444. The molecule has 1 heterocycles. The number of rotatable bonds is 3. The van der Waals surface area contributed by atoms with E-state index in [4.69, 9.17) is 23.2 Å². The number of halogens is 2. The maximum atomic E-state index is 11.6. The molecule has 0 N–H and O–H groups in total. The van der Waals surface area contributed by atoms with Gasteiger partial charge in [-0.2, -0.15) is 0 Å². The van der Waals surface area contributed by atoms with Gasteiger partial charge < -0.3 is 4.90 Å². The Morgan fingerprint density at radius 3 is 2.59 bits per heavy atom. The molecule has 1 saturated heterocycles. The molecule has 0 spiro atoms. The molecule has 1 aliphatic heterocycles. The molecule has 0 radical (unpaired) electrons. The van der Waals surface area contributed by atoms with Gasteiger partial charge in [0.15, 0.2) is 0 Å². The van der Waals surface area contributed by atoms with Gasteiger partial charge in [0, 0.05) is 18.0 Å². The molecule has 0 saturated carbocycles. The van der Waals surface area contributed by atoms with Crippen LogP contribution in [0.4, 0.5) is 0 Å². The second-order valence-corrected chi connectivity index (χ2v) is 4.82. The van der Waals surface area contributed by atoms with Gasteiger partial charge in [-0.05, 0) is 35.7 Å². The third-order valence-electron chi connectivity index (χ3n) is 2.86. The Labute approximate surface area is 109 Å². The smallest absolute Gasteiger partial charge is 0.244 e. The Morgan fingerprint density at radius 1 is 1.35 bits per heavy atom. The Balaban J connectivity index is 2.13. The van der Waals surface area contributed by atoms with Gasteiger partial charge in [-0.3, -0.25) is 9.59 Å². The normalized spacial score (nSPS) is 19.8. The molecule has 5 heteroatoms. The minimum absolute atomic E-state index is 0.0287. The molecule has 3 nitrogen and oxygen atoms in total. The van der Waals surface area contributed by atoms with Crippen LogP contribution in [0.3, 0.4) is 0 Å². The van der Waals surface area contributed by atoms with Crippen molar-refractivity contribution in [2.45, 2.75) is 25.4 Å². The lowest BCUT2D eigenvalue weighted by Gasteiger charge is -2.21. The number of amides is 1. The third kappa shape index (κ3) is 2.79. The van der Waals surface area contributed by atoms with Crippen molar-refractivity contribution in [3.63, 3.8) is 0 Å². The van der Waals surface area contributed by atoms with Crippen LogP contribution >= 0.6 is 23.2 Å². The molecule has 1 aromatic rings. The number of likely N-dealkylation sites (tertiary alicyclic amines) is 1. The van der Waals surface area contributed by atoms with E-state index >= 15 is 0 Å². The van der Waals surface area contributed by atoms with Gasteiger partial charge in [-0.25, -0.2) is 0 Å². The van der Waals surface area contributed by atoms with Crippen molar-refractivity contribution in [1.29, 1.82) is 0 Å². The van der Waals surface area contributed by atoms with Crippen molar-refractivity contribution in [1.82, 2.24) is 4.90 Å². The fourth-order valence-corrected chi connectivity index (χ4v) is 2.31. The number of hydrogen-bond acceptors (Lipinski definition) is 2. The predicted octanol–water partition coefficient (Wildman–Crippen LogP) is 2.60. The first-order valence-corrected chi connectivity index (χ1v) is 6.07. The molecule has 17 heavy (non-hydrogen) atoms. The van der Waals surface area contributed by atoms with Crippen LogP contribution in [-0.2, 0) is 16.1 Å². The van der Waals surface area contributed by atoms with Crippen molar-refractivity contribution < 1.29 is 9.59 Å². The maximum absolute atomic E-state index is 11.6. The highest BCUT2D eigenvalue weighted by atomic mass is 35.5. The minimum Gasteiger partial charge on any atom is -0.327 e. The van der Waals surface area contributed by atoms with Gasteiger partial charge in [-0.15, -0.1) is 0 Å². The van der Waals surface area contributed by atoms with E-state index in [0.29, 0.717) is 24.4 Å². The monoisotopic (exact) mass is 271 g/mol. The Kier molecular flexibility index (Phi) is 3.69. The van der Waals surface area contributed by atoms with Crippen LogP contribution < -0.4 is 0 Å². The lowest BCUT2D eigenvalue weighted by atomic mass is 10.2. The van der Waals surface area contributed by atoms with E-state index in [1.54, 1.807) is 12.1 Å². The van der Waals surface area contributed by atoms with E-state index in [0.717, 1.165) is 5.56 Å². The topological polar surface area (TPSA) is 37.4 Å². The molecule has 0 aliphatic carbocycles. The van der Waals surface area contributed by atoms with Gasteiger partial charge in [0.2, 0.25) is 11.1 Å². The summed E-state index contributed by atoms with van der Waals surface area (Å²) in [5, 5.41) is 0.177. The lowest BCUT2D eigenvalue weighted by Crippen LogP contribution is -2.36. The molecular weight excluding hydrogens is 261 g/mol. The van der Waals surface area contributed by atoms with Crippen LogP contribution in [-0.4, -0.2) is 22.1 Å². The quantitative estimate of drug-likeness (QED) is 0.793. The molecule has 1 aromatic carbocycles. The molecule has 1 amide bonds. The Hall–Kier alpha value is -1.06. The summed E-state index contributed by atoms with van der Waals surface area (Å²) in [4.78, 5) is 24.4. The molecule has 2 rings (SSSR count). The summed E-state index contributed by atoms with van der Waals surface area (Å²) in [7, 11) is 0. The number of benzene rings is 1. The van der Waals surface area contributed by atoms with E-state index in [1.165, 1.54) is 4.90 Å². The van der Waals surface area contributed by atoms with E-state index in [-0.39, 0.29) is 5.91 Å². The van der Waals surface area contributed by atoms with Crippen LogP contribution in [0.2, 0.25) is 5.02 Å². The predicted molar refractivity (Wildman–Crippen MR) is 65.9 cm³/mol. The number of carbonyl (C=O) groups is 2. The fourth-order valence-electron chi connectivity index (χ4n) is 1.95. The molecule has 90 valence electrons. The van der Waals surface area contributed by atoms with Crippen LogP contribution in [0, 0.1) is 0 Å². The van der Waals surface area contributed by atoms with Crippen LogP contribution in [0.15, 0.2) is 24.3 Å². The van der Waals surface area contributed by atoms with E-state index < -0.39 is 11.3 Å². The zero-order chi connectivity index (χ0) is 12.4. The van der Waals surface area contributed by atoms with Crippen molar-refractivity contribution >= 4 is 34.4 Å². The van der Waals surface area contributed by atoms with Gasteiger partial charge >= 0.3 is 0 Å². The Morgan fingerprint density at radius 2 is 2.00 bits per heavy atom. The number of nitrogens with zero attached hydrogens (tertiary/aromatic N) is 1. The highest BCUT2D eigenvalue weighted by Gasteiger charge is 2.34. The molecule has 1 aliphatic rings. The average Bonchev–Trinajstić information content (AvgIpc) is 2.64. The summed E-state index contributed by atoms with van der Waals surface area (Å²) in [6.07, 6.45) is 0.894. The molecule has 1 fully saturated rings. The summed E-state index contributed by atoms with van der Waals surface area (Å²) in [5.41, 5.74) is 0.938. The maximum Gasteiger partial charge on any atom is 0.244 e. The summed E-state index contributed by atoms with van der Waals surface area (Å²) in [6, 6.07) is 6.71. The van der Waals surface area contributed by atoms with Crippen molar-refractivity contribution in [3.05, 3.63) is 34.9 Å². The van der Waals surface area contributed by atoms with Gasteiger partial charge in [0.25, 0.3) is 0 Å². The van der Waals surface area contributed by atoms with Gasteiger partial charge in [0.05, 0.1) is 0 Å². The van der Waals surface area contributed by atoms with E-state index in [2.05, 4.69) is 0 Å². The first-order chi connectivity index (χ1) is 8.08. The van der Waals surface area contributed by atoms with Crippen LogP contribution in [0.5, 0.6) is 0 Å². The zero-order valence-electron chi connectivity index (χ0n) is 9.03. The van der Waals surface area contributed by atoms with Crippen molar-refractivity contribution in [3.8, 4) is 0 Å². The van der Waals surface area contributed by atoms with Gasteiger partial charge in [0.1, 0.15) is 6.04 Å². The standard InChI is InChI=1S/C12H11Cl2NO2/c13-9-3-1-8(2-4-9)7-15-10(12(14)17)5-6-11(15)16/h1-4,10H,5-7H2. The first kappa shape index (κ1) is 12.4. The second kappa shape index (κ2) is 5.07. The summed E-state index contributed by atoms with van der Waals surface area (Å²) in [6.45, 7) is 0.402. The third-order valence-corrected chi connectivity index (χ3v) is 3.36. The summed E-state index contributed by atoms with van der Waals surface area (Å²) in [5.74, 6) is -0.0287. The minimum atomic E-state index is -0.486. The number of hydrogen-bond donors (Lipinski definition) is 0. The highest BCUT2D eigenvalue weighted by Crippen LogP contribution is 2.23. The molecule has 1 unspecified atom stereocenters. The molecule has 0 aromatic heterocycles. The van der Waals surface area contributed by atoms with E-state index in [9.17, 15) is 9.59 Å². The highest BCUT2D eigenvalue weighted by molar-refractivity contribution is 6.65. The molecular formula is C12H11Cl2NO2. The largest absolute Gasteiger partial charge is 0.327 e. The zero-order valence-corrected chi connectivity index (χ0v) is 10.5. The lowest BCUT2D eigenvalue weighted by molar-refractivity contribution is -0.132. The van der Waals surface area contributed by atoms with Crippen LogP contribution in [0.25, 0.3) is 0 Å². The summed E-state index contributed by atoms with van der Waals surface area (Å²) < 4.78 is 0. The van der Waals surface area contributed by atoms with Gasteiger partial charge in [-0.1, -0.05) is 23.7 Å². The molecule has 0 bridgehead atoms. The molecule has 1 atom stereocenters. The van der Waals surface area contributed by atoms with Crippen molar-refractivity contribution in [2.24, 2.45) is 0 Å². The van der Waals surface area contributed by atoms with Crippen LogP contribution in [0.1, 0.15) is 18.4 Å². The number of carbonyl (C=O) groups excluding carboxylic acids is 2. The summed E-state index contributed by atoms with van der Waals surface area (Å²) >= 11 is 11.3.